The molecule has 0 fully saturated rings. The van der Waals surface area contributed by atoms with Gasteiger partial charge >= 0.3 is 5.97 Å². The van der Waals surface area contributed by atoms with Crippen LogP contribution < -0.4 is 24.4 Å². The van der Waals surface area contributed by atoms with Gasteiger partial charge in [-0.1, -0.05) is 35.6 Å². The van der Waals surface area contributed by atoms with Crippen molar-refractivity contribution >= 4 is 23.4 Å². The minimum Gasteiger partial charge on any atom is -0.504 e. The predicted molar refractivity (Wildman–Crippen MR) is 137 cm³/mol. The lowest BCUT2D eigenvalue weighted by Gasteiger charge is -2.25. The maximum absolute atomic E-state index is 13.7. The molecule has 2 heterocycles. The maximum Gasteiger partial charge on any atom is 0.338 e. The fourth-order valence-electron chi connectivity index (χ4n) is 4.05. The summed E-state index contributed by atoms with van der Waals surface area (Å²) >= 11 is 1.19. The van der Waals surface area contributed by atoms with Gasteiger partial charge in [0.2, 0.25) is 0 Å². The highest BCUT2D eigenvalue weighted by Gasteiger charge is 2.33. The third-order valence-electron chi connectivity index (χ3n) is 5.63. The number of ether oxygens (including phenoxy) is 3. The van der Waals surface area contributed by atoms with E-state index < -0.39 is 12.0 Å². The number of aromatic nitrogens is 1. The van der Waals surface area contributed by atoms with Crippen molar-refractivity contribution in [1.29, 1.82) is 0 Å². The molecule has 188 valence electrons. The van der Waals surface area contributed by atoms with E-state index in [2.05, 4.69) is 4.99 Å². The van der Waals surface area contributed by atoms with E-state index in [1.165, 1.54) is 23.0 Å². The number of esters is 1. The number of hydrogen-bond acceptors (Lipinski definition) is 8. The van der Waals surface area contributed by atoms with Crippen molar-refractivity contribution in [2.75, 3.05) is 13.7 Å². The lowest BCUT2D eigenvalue weighted by atomic mass is 9.96. The number of thiazole rings is 1. The molecule has 1 atom stereocenters. The molecule has 3 aromatic rings. The number of aromatic hydroxyl groups is 1. The molecule has 2 aromatic carbocycles. The van der Waals surface area contributed by atoms with Gasteiger partial charge in [0.05, 0.1) is 41.7 Å². The SMILES string of the molecule is CCOc1ccc([C@@H]2C(C(=O)OC(C)C)=C(C)N=c3s/c(=C/c4cccc(OC)c4O)c(=O)n32)cc1. The summed E-state index contributed by atoms with van der Waals surface area (Å²) in [5, 5.41) is 10.5. The van der Waals surface area contributed by atoms with Crippen molar-refractivity contribution in [3.8, 4) is 17.2 Å². The summed E-state index contributed by atoms with van der Waals surface area (Å²) in [7, 11) is 1.46. The third kappa shape index (κ3) is 4.79. The van der Waals surface area contributed by atoms with E-state index in [-0.39, 0.29) is 17.4 Å². The van der Waals surface area contributed by atoms with Crippen LogP contribution in [0.2, 0.25) is 0 Å². The molecule has 1 N–H and O–H groups in total. The van der Waals surface area contributed by atoms with Crippen LogP contribution >= 0.6 is 11.3 Å². The Morgan fingerprint density at radius 3 is 2.58 bits per heavy atom. The molecule has 8 nitrogen and oxygen atoms in total. The minimum absolute atomic E-state index is 0.0636. The van der Waals surface area contributed by atoms with Crippen LogP contribution in [0.1, 0.15) is 44.9 Å². The Balaban J connectivity index is 1.92. The molecule has 0 spiro atoms. The number of hydrogen-bond donors (Lipinski definition) is 1. The Labute approximate surface area is 212 Å². The predicted octanol–water partition coefficient (Wildman–Crippen LogP) is 3.30. The topological polar surface area (TPSA) is 99.4 Å². The first-order valence-electron chi connectivity index (χ1n) is 11.6. The van der Waals surface area contributed by atoms with Gasteiger partial charge in [-0.2, -0.15) is 0 Å². The van der Waals surface area contributed by atoms with Gasteiger partial charge in [0.1, 0.15) is 5.75 Å². The summed E-state index contributed by atoms with van der Waals surface area (Å²) in [6.45, 7) is 7.71. The molecule has 1 aromatic heterocycles. The standard InChI is InChI=1S/C27H28N2O6S/c1-6-34-19-12-10-17(11-13-19)23-22(26(32)35-15(2)3)16(4)28-27-29(23)25(31)21(36-27)14-18-8-7-9-20(33-5)24(18)30/h7-15,23,30H,6H2,1-5H3/b21-14+/t23-/m1/s1. The number of carbonyl (C=O) groups excluding carboxylic acids is 1. The quantitative estimate of drug-likeness (QED) is 0.492. The highest BCUT2D eigenvalue weighted by Crippen LogP contribution is 2.32. The minimum atomic E-state index is -0.732. The zero-order valence-electron chi connectivity index (χ0n) is 20.8. The van der Waals surface area contributed by atoms with Crippen LogP contribution in [-0.4, -0.2) is 35.5 Å². The summed E-state index contributed by atoms with van der Waals surface area (Å²) < 4.78 is 18.1. The second-order valence-corrected chi connectivity index (χ2v) is 9.45. The first-order chi connectivity index (χ1) is 17.2. The normalized spacial score (nSPS) is 15.5. The van der Waals surface area contributed by atoms with E-state index in [0.717, 1.165) is 5.56 Å². The summed E-state index contributed by atoms with van der Waals surface area (Å²) in [5.41, 5.74) is 1.61. The van der Waals surface area contributed by atoms with Crippen molar-refractivity contribution in [1.82, 2.24) is 4.57 Å². The lowest BCUT2D eigenvalue weighted by molar-refractivity contribution is -0.143. The fourth-order valence-corrected chi connectivity index (χ4v) is 5.09. The van der Waals surface area contributed by atoms with Crippen molar-refractivity contribution in [2.45, 2.75) is 39.8 Å². The smallest absolute Gasteiger partial charge is 0.338 e. The van der Waals surface area contributed by atoms with Gasteiger partial charge in [-0.05, 0) is 57.5 Å². The summed E-state index contributed by atoms with van der Waals surface area (Å²) in [4.78, 5) is 31.9. The number of phenols is 1. The number of allylic oxidation sites excluding steroid dienone is 1. The number of methoxy groups -OCH3 is 1. The highest BCUT2D eigenvalue weighted by atomic mass is 32.1. The van der Waals surface area contributed by atoms with Gasteiger partial charge in [-0.15, -0.1) is 0 Å². The Morgan fingerprint density at radius 2 is 1.94 bits per heavy atom. The molecule has 0 radical (unpaired) electrons. The van der Waals surface area contributed by atoms with Crippen LogP contribution in [0.4, 0.5) is 0 Å². The van der Waals surface area contributed by atoms with Crippen molar-refractivity contribution in [2.24, 2.45) is 4.99 Å². The zero-order valence-corrected chi connectivity index (χ0v) is 21.6. The van der Waals surface area contributed by atoms with Crippen LogP contribution in [0.5, 0.6) is 17.2 Å². The highest BCUT2D eigenvalue weighted by molar-refractivity contribution is 7.07. The number of rotatable bonds is 7. The van der Waals surface area contributed by atoms with Gasteiger partial charge < -0.3 is 19.3 Å². The number of nitrogens with zero attached hydrogens (tertiary/aromatic N) is 2. The number of carbonyl (C=O) groups is 1. The molecule has 0 bridgehead atoms. The van der Waals surface area contributed by atoms with E-state index in [9.17, 15) is 14.7 Å². The van der Waals surface area contributed by atoms with Crippen molar-refractivity contribution < 1.29 is 24.1 Å². The first-order valence-corrected chi connectivity index (χ1v) is 12.4. The number of fused-ring (bicyclic) bond motifs is 1. The van der Waals surface area contributed by atoms with Crippen LogP contribution in [0.3, 0.4) is 0 Å². The van der Waals surface area contributed by atoms with Crippen LogP contribution in [0.15, 0.2) is 63.5 Å². The van der Waals surface area contributed by atoms with Gasteiger partial charge in [0, 0.05) is 5.56 Å². The van der Waals surface area contributed by atoms with Crippen molar-refractivity contribution in [3.05, 3.63) is 84.5 Å². The number of benzene rings is 2. The second kappa shape index (κ2) is 10.4. The van der Waals surface area contributed by atoms with Gasteiger partial charge in [0.15, 0.2) is 16.3 Å². The molecule has 0 aliphatic carbocycles. The first kappa shape index (κ1) is 25.2. The molecule has 1 aliphatic heterocycles. The summed E-state index contributed by atoms with van der Waals surface area (Å²) in [6, 6.07) is 11.6. The molecule has 36 heavy (non-hydrogen) atoms. The van der Waals surface area contributed by atoms with Crippen LogP contribution in [0.25, 0.3) is 6.08 Å². The molecule has 0 saturated heterocycles. The van der Waals surface area contributed by atoms with E-state index in [1.54, 1.807) is 45.0 Å². The molecule has 0 amide bonds. The molecule has 1 aliphatic rings. The van der Waals surface area contributed by atoms with E-state index in [1.807, 2.05) is 31.2 Å². The molecular weight excluding hydrogens is 480 g/mol. The number of phenolic OH excluding ortho intramolecular Hbond substituents is 1. The monoisotopic (exact) mass is 508 g/mol. The Bertz CT molecular complexity index is 1500. The van der Waals surface area contributed by atoms with E-state index in [4.69, 9.17) is 14.2 Å². The zero-order chi connectivity index (χ0) is 26.0. The Kier molecular flexibility index (Phi) is 7.30. The molecule has 4 rings (SSSR count). The van der Waals surface area contributed by atoms with Crippen LogP contribution in [-0.2, 0) is 9.53 Å². The van der Waals surface area contributed by atoms with Gasteiger partial charge in [-0.25, -0.2) is 9.79 Å². The lowest BCUT2D eigenvalue weighted by Crippen LogP contribution is -2.40. The summed E-state index contributed by atoms with van der Waals surface area (Å²) in [6.07, 6.45) is 1.27. The van der Waals surface area contributed by atoms with Crippen LogP contribution in [0, 0.1) is 0 Å². The molecule has 0 saturated carbocycles. The van der Waals surface area contributed by atoms with E-state index >= 15 is 0 Å². The van der Waals surface area contributed by atoms with Gasteiger partial charge in [-0.3, -0.25) is 9.36 Å². The molecule has 9 heteroatoms. The Morgan fingerprint density at radius 1 is 1.22 bits per heavy atom. The van der Waals surface area contributed by atoms with Crippen molar-refractivity contribution in [3.63, 3.8) is 0 Å². The fraction of sp³-hybridized carbons (Fsp3) is 0.296. The molecular formula is C27H28N2O6S. The average Bonchev–Trinajstić information content (AvgIpc) is 3.14. The largest absolute Gasteiger partial charge is 0.504 e. The van der Waals surface area contributed by atoms with E-state index in [0.29, 0.717) is 44.3 Å². The summed E-state index contributed by atoms with van der Waals surface area (Å²) in [5.74, 6) is 0.406. The maximum atomic E-state index is 13.7. The van der Waals surface area contributed by atoms with Gasteiger partial charge in [0.25, 0.3) is 5.56 Å². The average molecular weight is 509 g/mol. The Hall–Kier alpha value is -3.85. The third-order valence-corrected chi connectivity index (χ3v) is 6.61. The number of para-hydroxylation sites is 1. The molecule has 0 unspecified atom stereocenters. The second-order valence-electron chi connectivity index (χ2n) is 8.44.